The first-order valence-electron chi connectivity index (χ1n) is 8.62. The van der Waals surface area contributed by atoms with Crippen molar-refractivity contribution in [3.05, 3.63) is 34.9 Å². The van der Waals surface area contributed by atoms with Gasteiger partial charge in [-0.15, -0.1) is 0 Å². The van der Waals surface area contributed by atoms with Gasteiger partial charge in [-0.05, 0) is 32.4 Å². The van der Waals surface area contributed by atoms with Gasteiger partial charge < -0.3 is 14.8 Å². The molecule has 2 aliphatic rings. The van der Waals surface area contributed by atoms with Crippen LogP contribution in [-0.2, 0) is 25.9 Å². The Balaban J connectivity index is 1.46. The molecule has 4 rings (SSSR count). The molecule has 0 saturated carbocycles. The maximum Gasteiger partial charge on any atom is 0.147 e. The molecule has 24 heavy (non-hydrogen) atoms. The Labute approximate surface area is 142 Å². The average Bonchev–Trinajstić information content (AvgIpc) is 3.11. The molecule has 1 aromatic carbocycles. The zero-order valence-corrected chi connectivity index (χ0v) is 14.5. The monoisotopic (exact) mass is 328 g/mol. The SMILES string of the molecule is COc1cc2c(cc1CN[C@@H]1CCc3nc(C)nn3C1)O[C@H](C)C2. The third kappa shape index (κ3) is 2.86. The predicted molar refractivity (Wildman–Crippen MR) is 90.5 cm³/mol. The van der Waals surface area contributed by atoms with Crippen LogP contribution in [0.1, 0.15) is 36.1 Å². The topological polar surface area (TPSA) is 61.2 Å². The summed E-state index contributed by atoms with van der Waals surface area (Å²) in [5.41, 5.74) is 2.38. The number of fused-ring (bicyclic) bond motifs is 2. The van der Waals surface area contributed by atoms with Crippen LogP contribution in [0.15, 0.2) is 12.1 Å². The lowest BCUT2D eigenvalue weighted by molar-refractivity contribution is 0.254. The van der Waals surface area contributed by atoms with Crippen molar-refractivity contribution in [2.45, 2.75) is 58.3 Å². The van der Waals surface area contributed by atoms with Crippen LogP contribution >= 0.6 is 0 Å². The lowest BCUT2D eigenvalue weighted by Gasteiger charge is -2.24. The van der Waals surface area contributed by atoms with Crippen molar-refractivity contribution in [1.82, 2.24) is 20.1 Å². The van der Waals surface area contributed by atoms with Gasteiger partial charge in [0.15, 0.2) is 0 Å². The molecule has 0 saturated heterocycles. The van der Waals surface area contributed by atoms with Crippen LogP contribution in [-0.4, -0.2) is 34.0 Å². The number of benzene rings is 1. The van der Waals surface area contributed by atoms with E-state index in [1.165, 1.54) is 5.56 Å². The molecule has 0 amide bonds. The van der Waals surface area contributed by atoms with E-state index in [4.69, 9.17) is 9.47 Å². The second-order valence-electron chi connectivity index (χ2n) is 6.78. The van der Waals surface area contributed by atoms with Gasteiger partial charge in [0.2, 0.25) is 0 Å². The molecular formula is C18H24N4O2. The Kier molecular flexibility index (Phi) is 3.92. The quantitative estimate of drug-likeness (QED) is 0.930. The molecule has 6 nitrogen and oxygen atoms in total. The molecule has 0 spiro atoms. The second-order valence-corrected chi connectivity index (χ2v) is 6.78. The lowest BCUT2D eigenvalue weighted by atomic mass is 10.0. The molecule has 128 valence electrons. The number of nitrogens with one attached hydrogen (secondary N) is 1. The van der Waals surface area contributed by atoms with Crippen molar-refractivity contribution in [2.24, 2.45) is 0 Å². The van der Waals surface area contributed by atoms with Gasteiger partial charge in [-0.3, -0.25) is 0 Å². The summed E-state index contributed by atoms with van der Waals surface area (Å²) in [7, 11) is 1.73. The van der Waals surface area contributed by atoms with E-state index in [0.29, 0.717) is 6.04 Å². The molecule has 1 aromatic heterocycles. The number of rotatable bonds is 4. The van der Waals surface area contributed by atoms with Gasteiger partial charge in [0.25, 0.3) is 0 Å². The molecule has 0 unspecified atom stereocenters. The smallest absolute Gasteiger partial charge is 0.147 e. The molecule has 0 aliphatic carbocycles. The Hall–Kier alpha value is -2.08. The Morgan fingerprint density at radius 3 is 3.12 bits per heavy atom. The number of methoxy groups -OCH3 is 1. The molecule has 2 atom stereocenters. The summed E-state index contributed by atoms with van der Waals surface area (Å²) in [5, 5.41) is 8.11. The normalized spacial score (nSPS) is 22.0. The summed E-state index contributed by atoms with van der Waals surface area (Å²) >= 11 is 0. The van der Waals surface area contributed by atoms with Crippen molar-refractivity contribution in [2.75, 3.05) is 7.11 Å². The van der Waals surface area contributed by atoms with E-state index < -0.39 is 0 Å². The minimum Gasteiger partial charge on any atom is -0.496 e. The predicted octanol–water partition coefficient (Wildman–Crippen LogP) is 2.02. The van der Waals surface area contributed by atoms with Crippen LogP contribution in [0.2, 0.25) is 0 Å². The fourth-order valence-corrected chi connectivity index (χ4v) is 3.66. The molecule has 0 bridgehead atoms. The molecular weight excluding hydrogens is 304 g/mol. The number of hydrogen-bond acceptors (Lipinski definition) is 5. The third-order valence-corrected chi connectivity index (χ3v) is 4.84. The van der Waals surface area contributed by atoms with Crippen molar-refractivity contribution >= 4 is 0 Å². The number of nitrogens with zero attached hydrogens (tertiary/aromatic N) is 3. The Morgan fingerprint density at radius 1 is 1.42 bits per heavy atom. The first-order chi connectivity index (χ1) is 11.6. The van der Waals surface area contributed by atoms with Gasteiger partial charge in [0.1, 0.15) is 29.3 Å². The summed E-state index contributed by atoms with van der Waals surface area (Å²) in [5.74, 6) is 3.89. The largest absolute Gasteiger partial charge is 0.496 e. The second kappa shape index (κ2) is 6.09. The third-order valence-electron chi connectivity index (χ3n) is 4.84. The standard InChI is InChI=1S/C18H24N4O2/c1-11-6-13-7-16(23-3)14(8-17(13)24-11)9-19-15-4-5-18-20-12(2)21-22(18)10-15/h7-8,11,15,19H,4-6,9-10H2,1-3H3/t11-,15-/m1/s1. The number of aryl methyl sites for hydroxylation is 2. The summed E-state index contributed by atoms with van der Waals surface area (Å²) < 4.78 is 13.5. The molecule has 2 aliphatic heterocycles. The minimum atomic E-state index is 0.250. The number of hydrogen-bond donors (Lipinski definition) is 1. The molecule has 3 heterocycles. The highest BCUT2D eigenvalue weighted by atomic mass is 16.5. The average molecular weight is 328 g/mol. The van der Waals surface area contributed by atoms with E-state index in [1.54, 1.807) is 7.11 Å². The van der Waals surface area contributed by atoms with Crippen molar-refractivity contribution < 1.29 is 9.47 Å². The highest BCUT2D eigenvalue weighted by Gasteiger charge is 2.23. The van der Waals surface area contributed by atoms with Crippen LogP contribution in [0.4, 0.5) is 0 Å². The molecule has 0 radical (unpaired) electrons. The van der Waals surface area contributed by atoms with E-state index in [0.717, 1.165) is 61.1 Å². The highest BCUT2D eigenvalue weighted by Crippen LogP contribution is 2.35. The van der Waals surface area contributed by atoms with Crippen molar-refractivity contribution in [3.63, 3.8) is 0 Å². The minimum absolute atomic E-state index is 0.250. The Bertz CT molecular complexity index is 756. The van der Waals surface area contributed by atoms with E-state index in [2.05, 4.69) is 34.5 Å². The van der Waals surface area contributed by atoms with Crippen LogP contribution in [0.3, 0.4) is 0 Å². The maximum absolute atomic E-state index is 5.88. The number of aromatic nitrogens is 3. The maximum atomic E-state index is 5.88. The molecule has 1 N–H and O–H groups in total. The first-order valence-corrected chi connectivity index (χ1v) is 8.62. The summed E-state index contributed by atoms with van der Waals surface area (Å²) in [4.78, 5) is 4.47. The van der Waals surface area contributed by atoms with Gasteiger partial charge in [0, 0.05) is 36.6 Å². The zero-order chi connectivity index (χ0) is 16.7. The summed E-state index contributed by atoms with van der Waals surface area (Å²) in [6, 6.07) is 4.64. The van der Waals surface area contributed by atoms with Gasteiger partial charge in [0.05, 0.1) is 13.7 Å². The van der Waals surface area contributed by atoms with Crippen LogP contribution < -0.4 is 14.8 Å². The molecule has 2 aromatic rings. The van der Waals surface area contributed by atoms with Gasteiger partial charge in [-0.1, -0.05) is 0 Å². The fraction of sp³-hybridized carbons (Fsp3) is 0.556. The fourth-order valence-electron chi connectivity index (χ4n) is 3.66. The Morgan fingerprint density at radius 2 is 2.29 bits per heavy atom. The highest BCUT2D eigenvalue weighted by molar-refractivity contribution is 5.48. The van der Waals surface area contributed by atoms with Crippen molar-refractivity contribution in [3.8, 4) is 11.5 Å². The molecule has 6 heteroatoms. The van der Waals surface area contributed by atoms with Gasteiger partial charge in [-0.25, -0.2) is 9.67 Å². The van der Waals surface area contributed by atoms with Crippen LogP contribution in [0.5, 0.6) is 11.5 Å². The van der Waals surface area contributed by atoms with Crippen LogP contribution in [0.25, 0.3) is 0 Å². The van der Waals surface area contributed by atoms with E-state index in [-0.39, 0.29) is 6.10 Å². The summed E-state index contributed by atoms with van der Waals surface area (Å²) in [6.45, 7) is 5.69. The number of ether oxygens (including phenoxy) is 2. The van der Waals surface area contributed by atoms with E-state index in [1.807, 2.05) is 11.6 Å². The van der Waals surface area contributed by atoms with Gasteiger partial charge >= 0.3 is 0 Å². The van der Waals surface area contributed by atoms with E-state index in [9.17, 15) is 0 Å². The lowest BCUT2D eigenvalue weighted by Crippen LogP contribution is -2.37. The van der Waals surface area contributed by atoms with Crippen LogP contribution in [0, 0.1) is 6.92 Å². The zero-order valence-electron chi connectivity index (χ0n) is 14.5. The van der Waals surface area contributed by atoms with Gasteiger partial charge in [-0.2, -0.15) is 5.10 Å². The van der Waals surface area contributed by atoms with Crippen molar-refractivity contribution in [1.29, 1.82) is 0 Å². The summed E-state index contributed by atoms with van der Waals surface area (Å²) in [6.07, 6.45) is 3.26. The molecule has 0 fully saturated rings. The van der Waals surface area contributed by atoms with E-state index >= 15 is 0 Å². The first kappa shape index (κ1) is 15.4.